The van der Waals surface area contributed by atoms with E-state index in [0.29, 0.717) is 11.4 Å². The van der Waals surface area contributed by atoms with E-state index in [-0.39, 0.29) is 11.4 Å². The summed E-state index contributed by atoms with van der Waals surface area (Å²) in [6, 6.07) is 9.40. The number of nitrogens with zero attached hydrogens (tertiary/aromatic N) is 1. The second-order valence-corrected chi connectivity index (χ2v) is 5.01. The molecule has 1 heterocycles. The van der Waals surface area contributed by atoms with Crippen LogP contribution in [0.3, 0.4) is 0 Å². The maximum Gasteiger partial charge on any atom is 0.252 e. The van der Waals surface area contributed by atoms with Crippen molar-refractivity contribution in [2.75, 3.05) is 5.88 Å². The predicted octanol–water partition coefficient (Wildman–Crippen LogP) is 2.74. The molecule has 1 saturated carbocycles. The topological polar surface area (TPSA) is 42.0 Å². The fourth-order valence-electron chi connectivity index (χ4n) is 2.04. The van der Waals surface area contributed by atoms with Crippen molar-refractivity contribution in [3.05, 3.63) is 42.1 Å². The van der Waals surface area contributed by atoms with Gasteiger partial charge in [-0.1, -0.05) is 18.2 Å². The second-order valence-electron chi connectivity index (χ2n) is 4.74. The zero-order chi connectivity index (χ0) is 12.6. The Balaban J connectivity index is 1.96. The van der Waals surface area contributed by atoms with Crippen LogP contribution in [0.15, 0.2) is 36.5 Å². The number of pyridine rings is 1. The van der Waals surface area contributed by atoms with Crippen LogP contribution in [0, 0.1) is 0 Å². The van der Waals surface area contributed by atoms with Crippen LogP contribution in [0.1, 0.15) is 23.2 Å². The molecule has 1 aliphatic carbocycles. The number of aromatic nitrogens is 1. The van der Waals surface area contributed by atoms with Crippen molar-refractivity contribution in [2.45, 2.75) is 18.4 Å². The minimum atomic E-state index is -0.178. The van der Waals surface area contributed by atoms with Crippen molar-refractivity contribution < 1.29 is 4.79 Å². The highest BCUT2D eigenvalue weighted by Crippen LogP contribution is 2.36. The Morgan fingerprint density at radius 3 is 2.83 bits per heavy atom. The van der Waals surface area contributed by atoms with Crippen molar-refractivity contribution in [1.29, 1.82) is 0 Å². The van der Waals surface area contributed by atoms with Crippen molar-refractivity contribution in [3.63, 3.8) is 0 Å². The van der Waals surface area contributed by atoms with E-state index in [0.717, 1.165) is 23.7 Å². The predicted molar refractivity (Wildman–Crippen MR) is 71.9 cm³/mol. The van der Waals surface area contributed by atoms with Crippen LogP contribution in [0.5, 0.6) is 0 Å². The average Bonchev–Trinajstić information content (AvgIpc) is 3.18. The number of alkyl halides is 1. The lowest BCUT2D eigenvalue weighted by molar-refractivity contribution is 0.0937. The molecule has 0 atom stereocenters. The maximum absolute atomic E-state index is 12.3. The summed E-state index contributed by atoms with van der Waals surface area (Å²) in [5.41, 5.74) is 1.32. The lowest BCUT2D eigenvalue weighted by atomic mass is 10.1. The third-order valence-corrected chi connectivity index (χ3v) is 3.89. The molecule has 1 N–H and O–H groups in total. The smallest absolute Gasteiger partial charge is 0.252 e. The minimum absolute atomic E-state index is 0.0632. The highest BCUT2D eigenvalue weighted by Gasteiger charge is 2.43. The molecule has 0 bridgehead atoms. The fraction of sp³-hybridized carbons (Fsp3) is 0.286. The summed E-state index contributed by atoms with van der Waals surface area (Å²) >= 11 is 5.88. The summed E-state index contributed by atoms with van der Waals surface area (Å²) in [6.07, 6.45) is 3.59. The molecule has 1 aliphatic rings. The van der Waals surface area contributed by atoms with Crippen molar-refractivity contribution in [2.24, 2.45) is 0 Å². The molecule has 1 amide bonds. The van der Waals surface area contributed by atoms with Gasteiger partial charge in [0.2, 0.25) is 0 Å². The third kappa shape index (κ3) is 1.95. The Kier molecular flexibility index (Phi) is 2.71. The first kappa shape index (κ1) is 11.5. The second kappa shape index (κ2) is 4.25. The zero-order valence-corrected chi connectivity index (χ0v) is 10.6. The van der Waals surface area contributed by atoms with Gasteiger partial charge in [-0.15, -0.1) is 11.6 Å². The number of benzene rings is 1. The van der Waals surface area contributed by atoms with Crippen LogP contribution < -0.4 is 5.32 Å². The number of carbonyl (C=O) groups excluding carboxylic acids is 1. The zero-order valence-electron chi connectivity index (χ0n) is 9.82. The molecular formula is C14H13ClN2O. The first-order valence-electron chi connectivity index (χ1n) is 5.96. The molecule has 3 nitrogen and oxygen atoms in total. The molecule has 1 aromatic carbocycles. The van der Waals surface area contributed by atoms with E-state index in [1.165, 1.54) is 0 Å². The van der Waals surface area contributed by atoms with Crippen molar-refractivity contribution >= 4 is 28.4 Å². The number of carbonyl (C=O) groups is 1. The van der Waals surface area contributed by atoms with Gasteiger partial charge in [0.15, 0.2) is 0 Å². The SMILES string of the molecule is O=C(NC1(CCl)CC1)c1ccnc2ccccc12. The molecule has 3 rings (SSSR count). The third-order valence-electron chi connectivity index (χ3n) is 3.38. The van der Waals surface area contributed by atoms with E-state index in [1.54, 1.807) is 12.3 Å². The van der Waals surface area contributed by atoms with Gasteiger partial charge in [0, 0.05) is 17.5 Å². The summed E-state index contributed by atoms with van der Waals surface area (Å²) in [5, 5.41) is 3.90. The largest absolute Gasteiger partial charge is 0.345 e. The van der Waals surface area contributed by atoms with E-state index in [4.69, 9.17) is 11.6 Å². The van der Waals surface area contributed by atoms with Gasteiger partial charge in [0.05, 0.1) is 16.6 Å². The van der Waals surface area contributed by atoms with Gasteiger partial charge < -0.3 is 5.32 Å². The standard InChI is InChI=1S/C14H13ClN2O/c15-9-14(6-7-14)17-13(18)11-5-8-16-12-4-2-1-3-10(11)12/h1-5,8H,6-7,9H2,(H,17,18). The Bertz CT molecular complexity index is 602. The number of amides is 1. The van der Waals surface area contributed by atoms with Crippen LogP contribution in [0.4, 0.5) is 0 Å². The average molecular weight is 261 g/mol. The van der Waals surface area contributed by atoms with Crippen molar-refractivity contribution in [1.82, 2.24) is 10.3 Å². The molecule has 2 aromatic rings. The number of para-hydroxylation sites is 1. The number of nitrogens with one attached hydrogen (secondary N) is 1. The van der Waals surface area contributed by atoms with Gasteiger partial charge >= 0.3 is 0 Å². The van der Waals surface area contributed by atoms with Crippen LogP contribution in [-0.2, 0) is 0 Å². The summed E-state index contributed by atoms with van der Waals surface area (Å²) in [7, 11) is 0. The quantitative estimate of drug-likeness (QED) is 0.863. The minimum Gasteiger partial charge on any atom is -0.345 e. The van der Waals surface area contributed by atoms with E-state index in [1.807, 2.05) is 24.3 Å². The molecule has 0 spiro atoms. The normalized spacial score (nSPS) is 16.5. The first-order chi connectivity index (χ1) is 8.74. The van der Waals surface area contributed by atoms with E-state index < -0.39 is 0 Å². The molecule has 1 aromatic heterocycles. The molecular weight excluding hydrogens is 248 g/mol. The Morgan fingerprint density at radius 2 is 2.11 bits per heavy atom. The molecule has 1 fully saturated rings. The summed E-state index contributed by atoms with van der Waals surface area (Å²) < 4.78 is 0. The van der Waals surface area contributed by atoms with Crippen LogP contribution in [0.25, 0.3) is 10.9 Å². The maximum atomic E-state index is 12.3. The number of halogens is 1. The first-order valence-corrected chi connectivity index (χ1v) is 6.50. The van der Waals surface area contributed by atoms with Crippen molar-refractivity contribution in [3.8, 4) is 0 Å². The molecule has 0 unspecified atom stereocenters. The van der Waals surface area contributed by atoms with Gasteiger partial charge in [0.25, 0.3) is 5.91 Å². The molecule has 18 heavy (non-hydrogen) atoms. The van der Waals surface area contributed by atoms with Gasteiger partial charge in [-0.05, 0) is 25.0 Å². The van der Waals surface area contributed by atoms with Gasteiger partial charge in [0.1, 0.15) is 0 Å². The number of hydrogen-bond acceptors (Lipinski definition) is 2. The highest BCUT2D eigenvalue weighted by molar-refractivity contribution is 6.19. The van der Waals surface area contributed by atoms with Gasteiger partial charge in [-0.2, -0.15) is 0 Å². The fourth-order valence-corrected chi connectivity index (χ4v) is 2.38. The van der Waals surface area contributed by atoms with Crippen LogP contribution >= 0.6 is 11.6 Å². The lowest BCUT2D eigenvalue weighted by Gasteiger charge is -2.14. The van der Waals surface area contributed by atoms with Gasteiger partial charge in [-0.3, -0.25) is 9.78 Å². The number of fused-ring (bicyclic) bond motifs is 1. The molecule has 4 heteroatoms. The summed E-state index contributed by atoms with van der Waals surface area (Å²) in [6.45, 7) is 0. The van der Waals surface area contributed by atoms with E-state index >= 15 is 0 Å². The van der Waals surface area contributed by atoms with E-state index in [2.05, 4.69) is 10.3 Å². The number of hydrogen-bond donors (Lipinski definition) is 1. The van der Waals surface area contributed by atoms with Crippen LogP contribution in [0.2, 0.25) is 0 Å². The summed E-state index contributed by atoms with van der Waals surface area (Å²) in [5.74, 6) is 0.411. The summed E-state index contributed by atoms with van der Waals surface area (Å²) in [4.78, 5) is 16.5. The van der Waals surface area contributed by atoms with Gasteiger partial charge in [-0.25, -0.2) is 0 Å². The molecule has 0 radical (unpaired) electrons. The Hall–Kier alpha value is -1.61. The lowest BCUT2D eigenvalue weighted by Crippen LogP contribution is -2.38. The molecule has 0 aliphatic heterocycles. The Labute approximate surface area is 110 Å². The molecule has 0 saturated heterocycles. The number of rotatable bonds is 3. The molecule has 92 valence electrons. The monoisotopic (exact) mass is 260 g/mol. The van der Waals surface area contributed by atoms with Crippen LogP contribution in [-0.4, -0.2) is 22.3 Å². The van der Waals surface area contributed by atoms with E-state index in [9.17, 15) is 4.79 Å². The highest BCUT2D eigenvalue weighted by atomic mass is 35.5. The Morgan fingerprint density at radius 1 is 1.33 bits per heavy atom.